The number of methoxy groups -OCH3 is 1. The lowest BCUT2D eigenvalue weighted by Gasteiger charge is -2.00. The van der Waals surface area contributed by atoms with Crippen molar-refractivity contribution >= 4 is 29.2 Å². The van der Waals surface area contributed by atoms with E-state index in [1.165, 1.54) is 7.11 Å². The molecule has 0 saturated carbocycles. The summed E-state index contributed by atoms with van der Waals surface area (Å²) in [6.45, 7) is 0. The second-order valence-electron chi connectivity index (χ2n) is 5.80. The molecule has 1 aliphatic heterocycles. The third-order valence-corrected chi connectivity index (χ3v) is 4.35. The van der Waals surface area contributed by atoms with Crippen LogP contribution in [0.2, 0.25) is 0 Å². The summed E-state index contributed by atoms with van der Waals surface area (Å²) < 4.78 is 4.90. The molecule has 4 nitrogen and oxygen atoms in total. The van der Waals surface area contributed by atoms with E-state index in [0.29, 0.717) is 11.1 Å². The summed E-state index contributed by atoms with van der Waals surface area (Å²) in [5, 5.41) is 2.86. The smallest absolute Gasteiger partial charge is 0.338 e. The van der Waals surface area contributed by atoms with E-state index in [0.717, 1.165) is 27.9 Å². The van der Waals surface area contributed by atoms with Crippen molar-refractivity contribution in [2.75, 3.05) is 12.4 Å². The number of hydrogen-bond donors (Lipinski definition) is 1. The summed E-state index contributed by atoms with van der Waals surface area (Å²) in [7, 11) is 1.36. The average Bonchev–Trinajstić information content (AvgIpc) is 3.00. The highest BCUT2D eigenvalue weighted by Gasteiger charge is 2.25. The number of para-hydroxylation sites is 1. The van der Waals surface area contributed by atoms with Crippen LogP contribution in [-0.2, 0) is 9.53 Å². The van der Waals surface area contributed by atoms with Crippen LogP contribution in [-0.4, -0.2) is 19.0 Å². The molecule has 122 valence electrons. The van der Waals surface area contributed by atoms with Gasteiger partial charge in [-0.1, -0.05) is 48.5 Å². The van der Waals surface area contributed by atoms with Crippen LogP contribution in [0.3, 0.4) is 0 Å². The maximum atomic E-state index is 12.4. The predicted molar refractivity (Wildman–Crippen MR) is 97.3 cm³/mol. The van der Waals surface area contributed by atoms with Crippen molar-refractivity contribution in [3.8, 4) is 11.1 Å². The highest BCUT2D eigenvalue weighted by atomic mass is 16.5. The molecule has 0 bridgehead atoms. The molecule has 0 aromatic heterocycles. The number of hydrogen-bond acceptors (Lipinski definition) is 3. The fourth-order valence-electron chi connectivity index (χ4n) is 3.18. The van der Waals surface area contributed by atoms with Crippen molar-refractivity contribution in [2.24, 2.45) is 0 Å². The molecule has 4 heteroatoms. The Balaban J connectivity index is 1.91. The number of carbonyl (C=O) groups is 2. The van der Waals surface area contributed by atoms with Gasteiger partial charge < -0.3 is 10.1 Å². The van der Waals surface area contributed by atoms with Gasteiger partial charge in [-0.2, -0.15) is 0 Å². The van der Waals surface area contributed by atoms with Crippen LogP contribution in [0.5, 0.6) is 0 Å². The van der Waals surface area contributed by atoms with Gasteiger partial charge in [-0.15, -0.1) is 0 Å². The molecule has 2 aliphatic carbocycles. The van der Waals surface area contributed by atoms with Crippen LogP contribution in [0.1, 0.15) is 21.5 Å². The van der Waals surface area contributed by atoms with E-state index in [2.05, 4.69) is 5.32 Å². The first-order valence-corrected chi connectivity index (χ1v) is 7.91. The summed E-state index contributed by atoms with van der Waals surface area (Å²) in [4.78, 5) is 24.5. The Bertz CT molecular complexity index is 1000. The summed E-state index contributed by atoms with van der Waals surface area (Å²) in [5.74, 6) is -0.535. The number of fused-ring (bicyclic) bond motifs is 2. The molecular weight excluding hydrogens is 314 g/mol. The monoisotopic (exact) mass is 329 g/mol. The molecule has 0 spiro atoms. The van der Waals surface area contributed by atoms with Crippen LogP contribution in [0.25, 0.3) is 22.8 Å². The quantitative estimate of drug-likeness (QED) is 0.569. The number of ether oxygens (including phenoxy) is 1. The van der Waals surface area contributed by atoms with Gasteiger partial charge in [0.25, 0.3) is 5.91 Å². The number of anilines is 1. The number of nitrogens with one attached hydrogen (secondary N) is 1. The van der Waals surface area contributed by atoms with Crippen LogP contribution in [0, 0.1) is 0 Å². The predicted octanol–water partition coefficient (Wildman–Crippen LogP) is 4.07. The second kappa shape index (κ2) is 5.91. The molecule has 4 rings (SSSR count). The lowest BCUT2D eigenvalue weighted by molar-refractivity contribution is -0.110. The van der Waals surface area contributed by atoms with Crippen LogP contribution >= 0.6 is 0 Å². The Hall–Kier alpha value is -3.40. The molecule has 0 saturated heterocycles. The molecule has 0 radical (unpaired) electrons. The minimum Gasteiger partial charge on any atom is -0.465 e. The van der Waals surface area contributed by atoms with E-state index in [-0.39, 0.29) is 5.91 Å². The molecule has 25 heavy (non-hydrogen) atoms. The van der Waals surface area contributed by atoms with Crippen molar-refractivity contribution in [1.29, 1.82) is 0 Å². The molecule has 1 aromatic carbocycles. The minimum atomic E-state index is -0.392. The van der Waals surface area contributed by atoms with Crippen molar-refractivity contribution in [2.45, 2.75) is 0 Å². The molecule has 1 N–H and O–H groups in total. The van der Waals surface area contributed by atoms with E-state index >= 15 is 0 Å². The van der Waals surface area contributed by atoms with E-state index in [1.807, 2.05) is 60.7 Å². The molecule has 1 heterocycles. The maximum absolute atomic E-state index is 12.4. The van der Waals surface area contributed by atoms with Gasteiger partial charge in [-0.05, 0) is 34.9 Å². The molecular formula is C21H15NO3. The molecule has 1 amide bonds. The average molecular weight is 329 g/mol. The number of esters is 1. The van der Waals surface area contributed by atoms with Crippen LogP contribution < -0.4 is 5.32 Å². The van der Waals surface area contributed by atoms with Crippen LogP contribution in [0.15, 0.2) is 60.7 Å². The van der Waals surface area contributed by atoms with Crippen molar-refractivity contribution in [3.63, 3.8) is 0 Å². The Morgan fingerprint density at radius 1 is 0.960 bits per heavy atom. The lowest BCUT2D eigenvalue weighted by Crippen LogP contribution is -2.03. The summed E-state index contributed by atoms with van der Waals surface area (Å²) in [6, 6.07) is 18.8. The van der Waals surface area contributed by atoms with Crippen molar-refractivity contribution in [1.82, 2.24) is 0 Å². The third kappa shape index (κ3) is 2.48. The first-order valence-electron chi connectivity index (χ1n) is 7.91. The first kappa shape index (κ1) is 15.1. The second-order valence-corrected chi connectivity index (χ2v) is 5.80. The number of carbonyl (C=O) groups excluding carboxylic acids is 2. The normalized spacial score (nSPS) is 14.4. The Morgan fingerprint density at radius 3 is 2.44 bits per heavy atom. The van der Waals surface area contributed by atoms with Crippen molar-refractivity contribution in [3.05, 3.63) is 77.4 Å². The Labute approximate surface area is 145 Å². The summed E-state index contributed by atoms with van der Waals surface area (Å²) in [5.41, 5.74) is 5.26. The summed E-state index contributed by atoms with van der Waals surface area (Å²) in [6.07, 6.45) is 1.83. The van der Waals surface area contributed by atoms with E-state index in [9.17, 15) is 9.59 Å². The largest absolute Gasteiger partial charge is 0.465 e. The van der Waals surface area contributed by atoms with Gasteiger partial charge in [0.1, 0.15) is 0 Å². The zero-order chi connectivity index (χ0) is 17.4. The zero-order valence-corrected chi connectivity index (χ0v) is 13.6. The Morgan fingerprint density at radius 2 is 1.64 bits per heavy atom. The van der Waals surface area contributed by atoms with Gasteiger partial charge in [0, 0.05) is 16.8 Å². The Kier molecular flexibility index (Phi) is 3.58. The molecule has 0 fully saturated rings. The fourth-order valence-corrected chi connectivity index (χ4v) is 3.18. The van der Waals surface area contributed by atoms with Crippen molar-refractivity contribution < 1.29 is 14.3 Å². The molecule has 1 aromatic rings. The van der Waals surface area contributed by atoms with Gasteiger partial charge in [0.2, 0.25) is 0 Å². The highest BCUT2D eigenvalue weighted by Crippen LogP contribution is 2.38. The van der Waals surface area contributed by atoms with Gasteiger partial charge in [-0.3, -0.25) is 4.79 Å². The highest BCUT2D eigenvalue weighted by molar-refractivity contribution is 6.35. The van der Waals surface area contributed by atoms with E-state index < -0.39 is 5.97 Å². The zero-order valence-electron chi connectivity index (χ0n) is 13.6. The van der Waals surface area contributed by atoms with Gasteiger partial charge >= 0.3 is 5.97 Å². The van der Waals surface area contributed by atoms with Gasteiger partial charge in [0.15, 0.2) is 0 Å². The van der Waals surface area contributed by atoms with E-state index in [4.69, 9.17) is 4.74 Å². The molecule has 3 aliphatic rings. The first-order chi connectivity index (χ1) is 12.2. The lowest BCUT2D eigenvalue weighted by atomic mass is 10.0. The number of benzene rings is 1. The SMILES string of the molecule is COC(=O)c1cc(C=C2C(=O)Nc3ccccc32)c2cccccc1-2. The fraction of sp³-hybridized carbons (Fsp3) is 0.0476. The molecule has 0 atom stereocenters. The minimum absolute atomic E-state index is 0.143. The van der Waals surface area contributed by atoms with E-state index in [1.54, 1.807) is 6.07 Å². The maximum Gasteiger partial charge on any atom is 0.338 e. The van der Waals surface area contributed by atoms with Gasteiger partial charge in [-0.25, -0.2) is 4.79 Å². The number of amides is 1. The standard InChI is InChI=1S/C21H15NO3/c1-25-21(24)18-12-13(14-7-3-2-4-8-15(14)18)11-17-16-9-5-6-10-19(16)22-20(17)23/h2-12H,1H3,(H,22,23). The third-order valence-electron chi connectivity index (χ3n) is 4.35. The summed E-state index contributed by atoms with van der Waals surface area (Å²) >= 11 is 0. The topological polar surface area (TPSA) is 55.4 Å². The van der Waals surface area contributed by atoms with Crippen LogP contribution in [0.4, 0.5) is 5.69 Å². The van der Waals surface area contributed by atoms with Gasteiger partial charge in [0.05, 0.1) is 12.7 Å². The number of rotatable bonds is 2. The molecule has 0 unspecified atom stereocenters.